The Morgan fingerprint density at radius 1 is 0.943 bits per heavy atom. The van der Waals surface area contributed by atoms with Gasteiger partial charge in [0.2, 0.25) is 0 Å². The van der Waals surface area contributed by atoms with E-state index >= 15 is 0 Å². The summed E-state index contributed by atoms with van der Waals surface area (Å²) in [6.07, 6.45) is 3.53. The first-order valence-corrected chi connectivity index (χ1v) is 12.7. The summed E-state index contributed by atoms with van der Waals surface area (Å²) < 4.78 is 11.5. The van der Waals surface area contributed by atoms with Crippen molar-refractivity contribution < 1.29 is 19.1 Å². The number of hydrogen-bond donors (Lipinski definition) is 0. The Kier molecular flexibility index (Phi) is 8.77. The molecule has 2 saturated heterocycles. The highest BCUT2D eigenvalue weighted by atomic mass is 16.5. The number of Topliss-reactive ketones (excluding diaryl/α,β-unsaturated/α-hetero) is 1. The molecular weight excluding hydrogens is 442 g/mol. The van der Waals surface area contributed by atoms with Crippen LogP contribution in [0.25, 0.3) is 0 Å². The van der Waals surface area contributed by atoms with Crippen molar-refractivity contribution in [2.24, 2.45) is 0 Å². The predicted octanol–water partition coefficient (Wildman–Crippen LogP) is 3.59. The molecule has 0 aliphatic carbocycles. The fraction of sp³-hybridized carbons (Fsp3) is 0.500. The molecule has 0 aromatic heterocycles. The average molecular weight is 480 g/mol. The van der Waals surface area contributed by atoms with E-state index in [2.05, 4.69) is 16.7 Å². The zero-order chi connectivity index (χ0) is 24.6. The summed E-state index contributed by atoms with van der Waals surface area (Å²) in [5.41, 5.74) is 1.32. The van der Waals surface area contributed by atoms with Gasteiger partial charge in [-0.1, -0.05) is 18.2 Å². The molecule has 0 N–H and O–H groups in total. The van der Waals surface area contributed by atoms with E-state index in [4.69, 9.17) is 9.47 Å². The van der Waals surface area contributed by atoms with Gasteiger partial charge in [-0.25, -0.2) is 0 Å². The summed E-state index contributed by atoms with van der Waals surface area (Å²) in [5, 5.41) is 0. The molecule has 188 valence electrons. The minimum Gasteiger partial charge on any atom is -0.493 e. The number of methoxy groups -OCH3 is 1. The maximum Gasteiger partial charge on any atom is 0.253 e. The Hall–Kier alpha value is -2.90. The van der Waals surface area contributed by atoms with Gasteiger partial charge in [-0.2, -0.15) is 0 Å². The molecule has 0 spiro atoms. The minimum absolute atomic E-state index is 0.0423. The Morgan fingerprint density at radius 3 is 2.40 bits per heavy atom. The van der Waals surface area contributed by atoms with Crippen molar-refractivity contribution in [3.8, 4) is 11.5 Å². The second kappa shape index (κ2) is 12.2. The number of hydrogen-bond acceptors (Lipinski definition) is 6. The van der Waals surface area contributed by atoms with Crippen LogP contribution in [-0.4, -0.2) is 92.0 Å². The summed E-state index contributed by atoms with van der Waals surface area (Å²) in [7, 11) is 1.60. The lowest BCUT2D eigenvalue weighted by Crippen LogP contribution is -2.49. The van der Waals surface area contributed by atoms with E-state index in [9.17, 15) is 9.59 Å². The number of rotatable bonds is 10. The van der Waals surface area contributed by atoms with Gasteiger partial charge in [-0.05, 0) is 63.1 Å². The number of ketones is 1. The van der Waals surface area contributed by atoms with Gasteiger partial charge in [0.1, 0.15) is 0 Å². The van der Waals surface area contributed by atoms with Crippen LogP contribution in [0.1, 0.15) is 46.9 Å². The third kappa shape index (κ3) is 6.61. The maximum atomic E-state index is 12.9. The first-order chi connectivity index (χ1) is 17.0. The molecule has 2 aliphatic heterocycles. The van der Waals surface area contributed by atoms with Gasteiger partial charge in [0, 0.05) is 49.9 Å². The zero-order valence-electron chi connectivity index (χ0n) is 20.9. The van der Waals surface area contributed by atoms with Gasteiger partial charge < -0.3 is 19.3 Å². The van der Waals surface area contributed by atoms with Crippen molar-refractivity contribution in [3.05, 3.63) is 59.7 Å². The Bertz CT molecular complexity index is 989. The van der Waals surface area contributed by atoms with E-state index in [0.717, 1.165) is 13.0 Å². The fourth-order valence-electron chi connectivity index (χ4n) is 4.90. The number of piperazine rings is 1. The largest absolute Gasteiger partial charge is 0.493 e. The van der Waals surface area contributed by atoms with Crippen LogP contribution in [0, 0.1) is 0 Å². The molecule has 1 amide bonds. The number of ether oxygens (including phenoxy) is 2. The molecule has 0 unspecified atom stereocenters. The fourth-order valence-corrected chi connectivity index (χ4v) is 4.90. The summed E-state index contributed by atoms with van der Waals surface area (Å²) in [6, 6.07) is 15.4. The zero-order valence-corrected chi connectivity index (χ0v) is 20.9. The van der Waals surface area contributed by atoms with E-state index in [1.54, 1.807) is 13.2 Å². The normalized spacial score (nSPS) is 19.0. The summed E-state index contributed by atoms with van der Waals surface area (Å²) in [6.45, 7) is 8.06. The van der Waals surface area contributed by atoms with Crippen LogP contribution < -0.4 is 9.47 Å². The van der Waals surface area contributed by atoms with Gasteiger partial charge in [-0.3, -0.25) is 14.5 Å². The molecule has 2 aromatic rings. The van der Waals surface area contributed by atoms with Gasteiger partial charge >= 0.3 is 0 Å². The number of carbonyl (C=O) groups excluding carboxylic acids is 2. The standard InChI is InChI=1S/C28H37N3O4/c1-22-8-6-13-30(22)14-7-19-35-26-12-11-24(20-27(26)34-2)25(32)21-29-15-17-31(18-16-29)28(33)23-9-4-3-5-10-23/h3-5,9-12,20,22H,6-8,13-19,21H2,1-2H3/t22-/m1/s1. The van der Waals surface area contributed by atoms with Gasteiger partial charge in [0.25, 0.3) is 5.91 Å². The Labute approximate surface area is 208 Å². The van der Waals surface area contributed by atoms with E-state index in [1.165, 1.54) is 19.4 Å². The minimum atomic E-state index is 0.0423. The Balaban J connectivity index is 1.24. The molecule has 2 aromatic carbocycles. The van der Waals surface area contributed by atoms with Gasteiger partial charge in [0.15, 0.2) is 17.3 Å². The van der Waals surface area contributed by atoms with Gasteiger partial charge in [0.05, 0.1) is 20.3 Å². The molecule has 2 heterocycles. The van der Waals surface area contributed by atoms with E-state index in [1.807, 2.05) is 47.4 Å². The molecule has 2 fully saturated rings. The van der Waals surface area contributed by atoms with Crippen LogP contribution >= 0.6 is 0 Å². The van der Waals surface area contributed by atoms with Crippen LogP contribution in [0.15, 0.2) is 48.5 Å². The molecule has 0 saturated carbocycles. The second-order valence-corrected chi connectivity index (χ2v) is 9.45. The topological polar surface area (TPSA) is 62.3 Å². The van der Waals surface area contributed by atoms with Crippen LogP contribution in [0.3, 0.4) is 0 Å². The lowest BCUT2D eigenvalue weighted by molar-refractivity contribution is 0.0624. The first kappa shape index (κ1) is 25.2. The first-order valence-electron chi connectivity index (χ1n) is 12.7. The SMILES string of the molecule is COc1cc(C(=O)CN2CCN(C(=O)c3ccccc3)CC2)ccc1OCCCN1CCC[C@H]1C. The molecule has 2 aliphatic rings. The van der Waals surface area contributed by atoms with Crippen LogP contribution in [0.5, 0.6) is 11.5 Å². The summed E-state index contributed by atoms with van der Waals surface area (Å²) >= 11 is 0. The molecule has 4 rings (SSSR count). The molecule has 7 nitrogen and oxygen atoms in total. The summed E-state index contributed by atoms with van der Waals surface area (Å²) in [4.78, 5) is 32.1. The maximum absolute atomic E-state index is 12.9. The molecule has 0 bridgehead atoms. The molecule has 0 radical (unpaired) electrons. The number of benzene rings is 2. The van der Waals surface area contributed by atoms with E-state index < -0.39 is 0 Å². The molecule has 35 heavy (non-hydrogen) atoms. The van der Waals surface area contributed by atoms with Crippen LogP contribution in [-0.2, 0) is 0 Å². The number of likely N-dealkylation sites (tertiary alicyclic amines) is 1. The molecule has 7 heteroatoms. The van der Waals surface area contributed by atoms with E-state index in [-0.39, 0.29) is 11.7 Å². The van der Waals surface area contributed by atoms with Crippen LogP contribution in [0.4, 0.5) is 0 Å². The molecular formula is C28H37N3O4. The second-order valence-electron chi connectivity index (χ2n) is 9.45. The van der Waals surface area contributed by atoms with Crippen molar-refractivity contribution in [2.45, 2.75) is 32.2 Å². The lowest BCUT2D eigenvalue weighted by Gasteiger charge is -2.34. The average Bonchev–Trinajstić information content (AvgIpc) is 3.31. The van der Waals surface area contributed by atoms with E-state index in [0.29, 0.717) is 68.0 Å². The van der Waals surface area contributed by atoms with Crippen molar-refractivity contribution >= 4 is 11.7 Å². The molecule has 1 atom stereocenters. The number of amides is 1. The van der Waals surface area contributed by atoms with Crippen LogP contribution in [0.2, 0.25) is 0 Å². The number of carbonyl (C=O) groups is 2. The predicted molar refractivity (Wildman–Crippen MR) is 136 cm³/mol. The third-order valence-electron chi connectivity index (χ3n) is 7.07. The van der Waals surface area contributed by atoms with Crippen molar-refractivity contribution in [1.82, 2.24) is 14.7 Å². The highest BCUT2D eigenvalue weighted by molar-refractivity contribution is 5.98. The quantitative estimate of drug-likeness (QED) is 0.383. The smallest absolute Gasteiger partial charge is 0.253 e. The third-order valence-corrected chi connectivity index (χ3v) is 7.07. The van der Waals surface area contributed by atoms with Crippen molar-refractivity contribution in [1.29, 1.82) is 0 Å². The highest BCUT2D eigenvalue weighted by Crippen LogP contribution is 2.29. The summed E-state index contributed by atoms with van der Waals surface area (Å²) in [5.74, 6) is 1.35. The van der Waals surface area contributed by atoms with Crippen molar-refractivity contribution in [3.63, 3.8) is 0 Å². The number of nitrogens with zero attached hydrogens (tertiary/aromatic N) is 3. The monoisotopic (exact) mass is 479 g/mol. The van der Waals surface area contributed by atoms with Crippen molar-refractivity contribution in [2.75, 3.05) is 59.5 Å². The highest BCUT2D eigenvalue weighted by Gasteiger charge is 2.24. The van der Waals surface area contributed by atoms with Gasteiger partial charge in [-0.15, -0.1) is 0 Å². The lowest BCUT2D eigenvalue weighted by atomic mass is 10.1. The Morgan fingerprint density at radius 2 is 1.71 bits per heavy atom.